The van der Waals surface area contributed by atoms with Crippen LogP contribution in [0.2, 0.25) is 0 Å². The Morgan fingerprint density at radius 1 is 1.29 bits per heavy atom. The SMILES string of the molecule is CCNc1c(C(=O)NC(C)(CC)CC)cccc1[N+](=O)[O-]. The Hall–Kier alpha value is -2.11. The van der Waals surface area contributed by atoms with E-state index in [-0.39, 0.29) is 22.8 Å². The number of nitro groups is 1. The fourth-order valence-electron chi connectivity index (χ4n) is 2.01. The van der Waals surface area contributed by atoms with Crippen LogP contribution >= 0.6 is 0 Å². The molecule has 0 radical (unpaired) electrons. The zero-order valence-corrected chi connectivity index (χ0v) is 13.0. The van der Waals surface area contributed by atoms with Crippen molar-refractivity contribution in [1.29, 1.82) is 0 Å². The average molecular weight is 293 g/mol. The first kappa shape index (κ1) is 16.9. The molecule has 0 heterocycles. The second-order valence-corrected chi connectivity index (χ2v) is 5.21. The van der Waals surface area contributed by atoms with Gasteiger partial charge in [-0.2, -0.15) is 0 Å². The molecule has 0 bridgehead atoms. The number of carbonyl (C=O) groups is 1. The lowest BCUT2D eigenvalue weighted by molar-refractivity contribution is -0.384. The van der Waals surface area contributed by atoms with Gasteiger partial charge in [-0.25, -0.2) is 0 Å². The lowest BCUT2D eigenvalue weighted by Crippen LogP contribution is -2.45. The second-order valence-electron chi connectivity index (χ2n) is 5.21. The first-order valence-corrected chi connectivity index (χ1v) is 7.22. The summed E-state index contributed by atoms with van der Waals surface area (Å²) in [6.45, 7) is 8.31. The van der Waals surface area contributed by atoms with Gasteiger partial charge in [-0.05, 0) is 32.8 Å². The molecule has 1 amide bonds. The number of para-hydroxylation sites is 1. The molecule has 21 heavy (non-hydrogen) atoms. The van der Waals surface area contributed by atoms with Gasteiger partial charge in [0.15, 0.2) is 0 Å². The summed E-state index contributed by atoms with van der Waals surface area (Å²) in [7, 11) is 0. The van der Waals surface area contributed by atoms with Crippen molar-refractivity contribution in [1.82, 2.24) is 5.32 Å². The normalized spacial score (nSPS) is 11.0. The summed E-state index contributed by atoms with van der Waals surface area (Å²) in [5, 5.41) is 17.0. The number of hydrogen-bond acceptors (Lipinski definition) is 4. The number of nitrogens with one attached hydrogen (secondary N) is 2. The van der Waals surface area contributed by atoms with E-state index in [1.165, 1.54) is 12.1 Å². The molecular formula is C15H23N3O3. The quantitative estimate of drug-likeness (QED) is 0.596. The summed E-state index contributed by atoms with van der Waals surface area (Å²) in [6.07, 6.45) is 1.58. The van der Waals surface area contributed by atoms with E-state index in [0.29, 0.717) is 12.1 Å². The molecule has 0 fully saturated rings. The van der Waals surface area contributed by atoms with Crippen molar-refractivity contribution in [3.8, 4) is 0 Å². The van der Waals surface area contributed by atoms with Gasteiger partial charge in [-0.3, -0.25) is 14.9 Å². The molecule has 1 aromatic carbocycles. The van der Waals surface area contributed by atoms with Crippen LogP contribution in [0.3, 0.4) is 0 Å². The van der Waals surface area contributed by atoms with Crippen molar-refractivity contribution >= 4 is 17.3 Å². The number of nitrogens with zero attached hydrogens (tertiary/aromatic N) is 1. The molecule has 2 N–H and O–H groups in total. The third-order valence-electron chi connectivity index (χ3n) is 3.81. The number of hydrogen-bond donors (Lipinski definition) is 2. The minimum Gasteiger partial charge on any atom is -0.379 e. The van der Waals surface area contributed by atoms with E-state index in [1.807, 2.05) is 27.7 Å². The van der Waals surface area contributed by atoms with Crippen LogP contribution in [0.25, 0.3) is 0 Å². The lowest BCUT2D eigenvalue weighted by Gasteiger charge is -2.28. The van der Waals surface area contributed by atoms with Crippen molar-refractivity contribution in [3.05, 3.63) is 33.9 Å². The molecule has 0 atom stereocenters. The maximum absolute atomic E-state index is 12.5. The van der Waals surface area contributed by atoms with E-state index >= 15 is 0 Å². The largest absolute Gasteiger partial charge is 0.379 e. The Balaban J connectivity index is 3.20. The van der Waals surface area contributed by atoms with Crippen molar-refractivity contribution in [2.75, 3.05) is 11.9 Å². The highest BCUT2D eigenvalue weighted by Crippen LogP contribution is 2.29. The van der Waals surface area contributed by atoms with Crippen molar-refractivity contribution in [2.45, 2.75) is 46.1 Å². The molecule has 0 saturated carbocycles. The Kier molecular flexibility index (Phi) is 5.69. The topological polar surface area (TPSA) is 84.3 Å². The van der Waals surface area contributed by atoms with Crippen LogP contribution in [-0.4, -0.2) is 22.9 Å². The van der Waals surface area contributed by atoms with Gasteiger partial charge in [-0.1, -0.05) is 19.9 Å². The first-order valence-electron chi connectivity index (χ1n) is 7.22. The maximum atomic E-state index is 12.5. The molecule has 1 aromatic rings. The third kappa shape index (κ3) is 3.93. The smallest absolute Gasteiger partial charge is 0.293 e. The van der Waals surface area contributed by atoms with Crippen LogP contribution in [0.5, 0.6) is 0 Å². The van der Waals surface area contributed by atoms with Gasteiger partial charge in [0.25, 0.3) is 11.6 Å². The molecule has 0 saturated heterocycles. The Bertz CT molecular complexity index is 525. The monoisotopic (exact) mass is 293 g/mol. The zero-order valence-electron chi connectivity index (χ0n) is 13.0. The molecule has 6 heteroatoms. The highest BCUT2D eigenvalue weighted by molar-refractivity contribution is 6.02. The second kappa shape index (κ2) is 7.06. The van der Waals surface area contributed by atoms with Gasteiger partial charge in [0.1, 0.15) is 5.69 Å². The predicted octanol–water partition coefficient (Wildman–Crippen LogP) is 3.34. The molecule has 0 aliphatic carbocycles. The number of amides is 1. The molecule has 0 aliphatic rings. The minimum absolute atomic E-state index is 0.0841. The van der Waals surface area contributed by atoms with E-state index in [1.54, 1.807) is 6.07 Å². The van der Waals surface area contributed by atoms with Gasteiger partial charge in [0.05, 0.1) is 10.5 Å². The summed E-state index contributed by atoms with van der Waals surface area (Å²) in [6, 6.07) is 4.53. The molecular weight excluding hydrogens is 270 g/mol. The highest BCUT2D eigenvalue weighted by Gasteiger charge is 2.26. The molecule has 0 aliphatic heterocycles. The van der Waals surface area contributed by atoms with E-state index in [0.717, 1.165) is 12.8 Å². The van der Waals surface area contributed by atoms with Crippen LogP contribution in [0.15, 0.2) is 18.2 Å². The minimum atomic E-state index is -0.479. The average Bonchev–Trinajstić information content (AvgIpc) is 2.47. The molecule has 116 valence electrons. The predicted molar refractivity (Wildman–Crippen MR) is 83.7 cm³/mol. The zero-order chi connectivity index (χ0) is 16.0. The molecule has 0 aromatic heterocycles. The lowest BCUT2D eigenvalue weighted by atomic mass is 9.95. The van der Waals surface area contributed by atoms with Gasteiger partial charge < -0.3 is 10.6 Å². The van der Waals surface area contributed by atoms with Gasteiger partial charge in [0, 0.05) is 18.2 Å². The first-order chi connectivity index (χ1) is 9.88. The number of carbonyl (C=O) groups excluding carboxylic acids is 1. The van der Waals surface area contributed by atoms with E-state index < -0.39 is 4.92 Å². The molecule has 0 unspecified atom stereocenters. The Labute approximate surface area is 125 Å². The highest BCUT2D eigenvalue weighted by atomic mass is 16.6. The fourth-order valence-corrected chi connectivity index (χ4v) is 2.01. The van der Waals surface area contributed by atoms with Gasteiger partial charge >= 0.3 is 0 Å². The summed E-state index contributed by atoms with van der Waals surface area (Å²) < 4.78 is 0. The third-order valence-corrected chi connectivity index (χ3v) is 3.81. The molecule has 6 nitrogen and oxygen atoms in total. The van der Waals surface area contributed by atoms with E-state index in [4.69, 9.17) is 0 Å². The number of rotatable bonds is 7. The van der Waals surface area contributed by atoms with Crippen molar-refractivity contribution < 1.29 is 9.72 Å². The van der Waals surface area contributed by atoms with Crippen LogP contribution in [0.1, 0.15) is 50.9 Å². The Morgan fingerprint density at radius 2 is 1.90 bits per heavy atom. The number of benzene rings is 1. The summed E-state index contributed by atoms with van der Waals surface area (Å²) in [5.41, 5.74) is 0.181. The number of nitro benzene ring substituents is 1. The van der Waals surface area contributed by atoms with E-state index in [2.05, 4.69) is 10.6 Å². The van der Waals surface area contributed by atoms with Gasteiger partial charge in [0.2, 0.25) is 0 Å². The van der Waals surface area contributed by atoms with Crippen LogP contribution in [0, 0.1) is 10.1 Å². The summed E-state index contributed by atoms with van der Waals surface area (Å²) in [5.74, 6) is -0.291. The Morgan fingerprint density at radius 3 is 2.38 bits per heavy atom. The van der Waals surface area contributed by atoms with Crippen molar-refractivity contribution in [3.63, 3.8) is 0 Å². The van der Waals surface area contributed by atoms with Crippen molar-refractivity contribution in [2.24, 2.45) is 0 Å². The summed E-state index contributed by atoms with van der Waals surface area (Å²) >= 11 is 0. The maximum Gasteiger partial charge on any atom is 0.293 e. The van der Waals surface area contributed by atoms with Crippen LogP contribution in [0.4, 0.5) is 11.4 Å². The van der Waals surface area contributed by atoms with Crippen LogP contribution < -0.4 is 10.6 Å². The van der Waals surface area contributed by atoms with Crippen LogP contribution in [-0.2, 0) is 0 Å². The molecule has 0 spiro atoms. The summed E-state index contributed by atoms with van der Waals surface area (Å²) in [4.78, 5) is 23.1. The number of anilines is 1. The molecule has 1 rings (SSSR count). The standard InChI is InChI=1S/C15H23N3O3/c1-5-15(4,6-2)17-14(19)11-9-8-10-12(18(20)21)13(11)16-7-3/h8-10,16H,5-7H2,1-4H3,(H,17,19). The van der Waals surface area contributed by atoms with Gasteiger partial charge in [-0.15, -0.1) is 0 Å². The fraction of sp³-hybridized carbons (Fsp3) is 0.533. The van der Waals surface area contributed by atoms with E-state index in [9.17, 15) is 14.9 Å².